The average molecular weight is 936 g/mol. The van der Waals surface area contributed by atoms with Crippen LogP contribution >= 0.6 is 11.6 Å². The number of ether oxygens (including phenoxy) is 1. The summed E-state index contributed by atoms with van der Waals surface area (Å²) >= 11 is 6.26. The van der Waals surface area contributed by atoms with E-state index in [-0.39, 0.29) is 29.3 Å². The Morgan fingerprint density at radius 3 is 2.50 bits per heavy atom. The molecule has 2 aliphatic carbocycles. The van der Waals surface area contributed by atoms with Gasteiger partial charge in [0, 0.05) is 61.1 Å². The number of aliphatic hydroxyl groups is 1. The van der Waals surface area contributed by atoms with Crippen LogP contribution in [0.4, 0.5) is 11.4 Å². The number of sulfonamides is 1. The molecule has 17 heteroatoms. The average Bonchev–Trinajstić information content (AvgIpc) is 3.95. The van der Waals surface area contributed by atoms with Gasteiger partial charge in [0.1, 0.15) is 11.2 Å². The highest BCUT2D eigenvalue weighted by atomic mass is 35.5. The number of amides is 1. The number of rotatable bonds is 13. The van der Waals surface area contributed by atoms with Crippen molar-refractivity contribution in [1.29, 1.82) is 0 Å². The molecule has 1 amide bonds. The van der Waals surface area contributed by atoms with Gasteiger partial charge in [0.05, 0.1) is 45.0 Å². The van der Waals surface area contributed by atoms with Crippen molar-refractivity contribution < 1.29 is 28.0 Å². The summed E-state index contributed by atoms with van der Waals surface area (Å²) in [5, 5.41) is 29.0. The fourth-order valence-corrected chi connectivity index (χ4v) is 10.8. The minimum absolute atomic E-state index is 0.0268. The fraction of sp³-hybridized carbons (Fsp3) is 0.408. The number of aromatic nitrogens is 4. The molecular weight excluding hydrogens is 880 g/mol. The summed E-state index contributed by atoms with van der Waals surface area (Å²) in [6.07, 6.45) is 9.88. The van der Waals surface area contributed by atoms with Crippen LogP contribution in [-0.2, 0) is 10.0 Å². The molecule has 66 heavy (non-hydrogen) atoms. The van der Waals surface area contributed by atoms with Crippen molar-refractivity contribution in [2.24, 2.45) is 11.3 Å². The molecule has 1 saturated carbocycles. The van der Waals surface area contributed by atoms with Crippen molar-refractivity contribution >= 4 is 66.5 Å². The molecule has 346 valence electrons. The molecule has 2 fully saturated rings. The number of nitrogens with zero attached hydrogens (tertiary/aromatic N) is 6. The van der Waals surface area contributed by atoms with Crippen molar-refractivity contribution in [3.05, 3.63) is 117 Å². The first-order valence-electron chi connectivity index (χ1n) is 22.7. The number of allylic oxidation sites excluding steroid dienone is 1. The summed E-state index contributed by atoms with van der Waals surface area (Å²) in [6, 6.07) is 20.6. The Morgan fingerprint density at radius 2 is 1.77 bits per heavy atom. The van der Waals surface area contributed by atoms with Gasteiger partial charge >= 0.3 is 5.69 Å². The number of piperazine rings is 1. The molecule has 0 unspecified atom stereocenters. The maximum absolute atomic E-state index is 14.2. The lowest BCUT2D eigenvalue weighted by atomic mass is 9.72. The van der Waals surface area contributed by atoms with Crippen molar-refractivity contribution in [3.63, 3.8) is 0 Å². The highest BCUT2D eigenvalue weighted by Crippen LogP contribution is 2.44. The largest absolute Gasteiger partial charge is 0.487 e. The Bertz CT molecular complexity index is 2950. The number of hydrogen-bond donors (Lipinski definition) is 3. The number of nitro groups is 1. The number of benzene rings is 3. The Kier molecular flexibility index (Phi) is 12.4. The smallest absolute Gasteiger partial charge is 0.312 e. The van der Waals surface area contributed by atoms with Crippen LogP contribution in [0.1, 0.15) is 88.1 Å². The predicted molar refractivity (Wildman–Crippen MR) is 256 cm³/mol. The molecular formula is C49H55ClN8O7S. The Hall–Kier alpha value is -5.81. The molecule has 0 bridgehead atoms. The van der Waals surface area contributed by atoms with Crippen LogP contribution in [0, 0.1) is 21.4 Å². The van der Waals surface area contributed by atoms with Crippen molar-refractivity contribution in [2.45, 2.75) is 82.6 Å². The maximum atomic E-state index is 14.2. The first-order chi connectivity index (χ1) is 31.6. The van der Waals surface area contributed by atoms with E-state index in [9.17, 15) is 28.4 Å². The number of H-pyrrole nitrogens is 1. The van der Waals surface area contributed by atoms with Crippen LogP contribution < -0.4 is 14.4 Å². The Balaban J connectivity index is 0.959. The third kappa shape index (κ3) is 9.55. The second-order valence-electron chi connectivity index (χ2n) is 18.9. The molecule has 3 aromatic heterocycles. The van der Waals surface area contributed by atoms with E-state index in [0.29, 0.717) is 54.5 Å². The number of aromatic amines is 1. The number of nitrogens with one attached hydrogen (secondary N) is 2. The van der Waals surface area contributed by atoms with E-state index in [2.05, 4.69) is 50.6 Å². The number of carbonyl (C=O) groups excluding carboxylic acids is 1. The van der Waals surface area contributed by atoms with Gasteiger partial charge in [0.15, 0.2) is 5.75 Å². The van der Waals surface area contributed by atoms with Gasteiger partial charge in [0.2, 0.25) is 0 Å². The van der Waals surface area contributed by atoms with Crippen molar-refractivity contribution in [1.82, 2.24) is 29.4 Å². The number of hydrogen-bond acceptors (Lipinski definition) is 11. The lowest BCUT2D eigenvalue weighted by molar-refractivity contribution is -0.386. The number of pyridine rings is 1. The van der Waals surface area contributed by atoms with E-state index >= 15 is 0 Å². The summed E-state index contributed by atoms with van der Waals surface area (Å²) in [4.78, 5) is 37.9. The zero-order chi connectivity index (χ0) is 46.4. The van der Waals surface area contributed by atoms with E-state index in [4.69, 9.17) is 21.3 Å². The predicted octanol–water partition coefficient (Wildman–Crippen LogP) is 9.08. The Morgan fingerprint density at radius 1 is 1.02 bits per heavy atom. The van der Waals surface area contributed by atoms with Gasteiger partial charge in [-0.1, -0.05) is 50.1 Å². The van der Waals surface area contributed by atoms with Crippen LogP contribution in [0.5, 0.6) is 5.75 Å². The molecule has 3 aliphatic rings. The number of fused-ring (bicyclic) bond motifs is 2. The molecule has 0 spiro atoms. The summed E-state index contributed by atoms with van der Waals surface area (Å²) in [5.74, 6) is -0.921. The standard InChI is InChI=1S/C49H55ClN8O7S/c1-4-49(60)18-13-32(14-19-49)31-65-45-12-10-38(27-44(45)58(61)62)66(63,64)54-47(59)39-11-9-37(26-42(39)57-43-25-34-16-20-51-46(34)53-41(43)29-52-57)56-23-21-55(22-24-56)30-35-15-17-48(2,3)28-40(35)33-5-7-36(50)8-6-33/h5-12,16,20,25-27,29,32,60H,4,13-15,17-19,21-24,28,30-31H2,1-3H3,(H,51,53)(H,54,59)/t32-,49-. The van der Waals surface area contributed by atoms with E-state index in [1.165, 1.54) is 28.8 Å². The van der Waals surface area contributed by atoms with Gasteiger partial charge in [-0.3, -0.25) is 19.8 Å². The number of nitro benzene ring substituents is 1. The first kappa shape index (κ1) is 45.4. The number of anilines is 1. The zero-order valence-electron chi connectivity index (χ0n) is 37.4. The molecule has 3 N–H and O–H groups in total. The van der Waals surface area contributed by atoms with Gasteiger partial charge in [-0.05, 0) is 128 Å². The van der Waals surface area contributed by atoms with Crippen molar-refractivity contribution in [3.8, 4) is 11.4 Å². The van der Waals surface area contributed by atoms with E-state index in [1.807, 2.05) is 43.3 Å². The molecule has 4 heterocycles. The minimum Gasteiger partial charge on any atom is -0.487 e. The number of carbonyl (C=O) groups is 1. The lowest BCUT2D eigenvalue weighted by Crippen LogP contribution is -2.47. The summed E-state index contributed by atoms with van der Waals surface area (Å²) in [7, 11) is -4.62. The van der Waals surface area contributed by atoms with Crippen LogP contribution in [0.25, 0.3) is 33.3 Å². The SMILES string of the molecule is CC[C@]1(O)CC[C@H](COc2ccc(S(=O)(=O)NC(=O)c3ccc(N4CCN(CC5=C(c6ccc(Cl)cc6)CC(C)(C)CC5)CC4)cc3-n3ncc4nc5[nH]ccc5cc43)cc2[N+](=O)[O-])CC1. The molecule has 9 rings (SSSR count). The topological polar surface area (TPSA) is 189 Å². The Labute approximate surface area is 389 Å². The highest BCUT2D eigenvalue weighted by molar-refractivity contribution is 7.90. The van der Waals surface area contributed by atoms with Gasteiger partial charge < -0.3 is 19.7 Å². The fourth-order valence-electron chi connectivity index (χ4n) is 9.71. The molecule has 15 nitrogen and oxygen atoms in total. The quantitative estimate of drug-likeness (QED) is 0.0740. The highest BCUT2D eigenvalue weighted by Gasteiger charge is 2.33. The van der Waals surface area contributed by atoms with Gasteiger partial charge in [-0.15, -0.1) is 0 Å². The normalized spacial score (nSPS) is 20.5. The maximum Gasteiger partial charge on any atom is 0.312 e. The third-order valence-electron chi connectivity index (χ3n) is 13.9. The summed E-state index contributed by atoms with van der Waals surface area (Å²) < 4.78 is 37.4. The molecule has 0 atom stereocenters. The van der Waals surface area contributed by atoms with Crippen LogP contribution in [0.2, 0.25) is 5.02 Å². The van der Waals surface area contributed by atoms with E-state index < -0.39 is 37.0 Å². The zero-order valence-corrected chi connectivity index (χ0v) is 39.0. The molecule has 1 aliphatic heterocycles. The van der Waals surface area contributed by atoms with E-state index in [0.717, 1.165) is 74.1 Å². The van der Waals surface area contributed by atoms with Crippen LogP contribution in [0.3, 0.4) is 0 Å². The van der Waals surface area contributed by atoms with Crippen molar-refractivity contribution in [2.75, 3.05) is 44.2 Å². The third-order valence-corrected chi connectivity index (χ3v) is 15.5. The monoisotopic (exact) mass is 934 g/mol. The minimum atomic E-state index is -4.62. The van der Waals surface area contributed by atoms with Gasteiger partial charge in [0.25, 0.3) is 15.9 Å². The first-order valence-corrected chi connectivity index (χ1v) is 24.5. The molecule has 6 aromatic rings. The van der Waals surface area contributed by atoms with Crippen LogP contribution in [0.15, 0.2) is 95.7 Å². The second kappa shape index (κ2) is 18.1. The summed E-state index contributed by atoms with van der Waals surface area (Å²) in [6.45, 7) is 10.8. The van der Waals surface area contributed by atoms with Crippen LogP contribution in [-0.4, -0.2) is 93.9 Å². The van der Waals surface area contributed by atoms with Gasteiger partial charge in [-0.2, -0.15) is 5.10 Å². The van der Waals surface area contributed by atoms with E-state index in [1.54, 1.807) is 23.1 Å². The molecule has 3 aromatic carbocycles. The molecule has 1 saturated heterocycles. The second-order valence-corrected chi connectivity index (χ2v) is 21.0. The number of halogens is 1. The van der Waals surface area contributed by atoms with Gasteiger partial charge in [-0.25, -0.2) is 22.8 Å². The molecule has 0 radical (unpaired) electrons. The lowest BCUT2D eigenvalue weighted by Gasteiger charge is -2.39. The summed E-state index contributed by atoms with van der Waals surface area (Å²) in [5.41, 5.74) is 6.15.